The summed E-state index contributed by atoms with van der Waals surface area (Å²) < 4.78 is 21.3. The molecule has 1 aliphatic carbocycles. The van der Waals surface area contributed by atoms with Crippen molar-refractivity contribution in [1.82, 2.24) is 0 Å². The van der Waals surface area contributed by atoms with Crippen LogP contribution in [-0.2, 0) is 23.7 Å². The van der Waals surface area contributed by atoms with Gasteiger partial charge >= 0.3 is 5.97 Å². The highest BCUT2D eigenvalue weighted by molar-refractivity contribution is 5.89. The number of aliphatic hydroxyl groups excluding tert-OH is 5. The highest BCUT2D eigenvalue weighted by Gasteiger charge is 2.49. The molecule has 0 spiro atoms. The number of carbonyl (C=O) groups excluding carboxylic acids is 1. The zero-order chi connectivity index (χ0) is 19.7. The molecule has 0 bridgehead atoms. The summed E-state index contributed by atoms with van der Waals surface area (Å²) in [6.07, 6.45) is -4.73. The van der Waals surface area contributed by atoms with Crippen LogP contribution in [0.1, 0.15) is 6.42 Å². The van der Waals surface area contributed by atoms with Gasteiger partial charge in [0, 0.05) is 5.92 Å². The zero-order valence-corrected chi connectivity index (χ0v) is 14.7. The largest absolute Gasteiger partial charge is 0.471 e. The molecule has 3 rings (SSSR count). The van der Waals surface area contributed by atoms with Gasteiger partial charge < -0.3 is 44.5 Å². The maximum Gasteiger partial charge on any atom is 0.337 e. The van der Waals surface area contributed by atoms with Crippen LogP contribution in [0.3, 0.4) is 0 Å². The van der Waals surface area contributed by atoms with Gasteiger partial charge in [-0.1, -0.05) is 6.08 Å². The van der Waals surface area contributed by atoms with Gasteiger partial charge in [-0.3, -0.25) is 0 Å². The van der Waals surface area contributed by atoms with E-state index in [0.29, 0.717) is 17.6 Å². The molecule has 8 atom stereocenters. The molecular formula is C17H24O10. The fourth-order valence-electron chi connectivity index (χ4n) is 3.73. The van der Waals surface area contributed by atoms with Gasteiger partial charge in [0.2, 0.25) is 6.29 Å². The molecule has 10 nitrogen and oxygen atoms in total. The third kappa shape index (κ3) is 3.61. The third-order valence-corrected chi connectivity index (χ3v) is 5.24. The summed E-state index contributed by atoms with van der Waals surface area (Å²) in [5.41, 5.74) is 0.903. The average Bonchev–Trinajstić information content (AvgIpc) is 3.12. The monoisotopic (exact) mass is 388 g/mol. The Kier molecular flexibility index (Phi) is 6.16. The molecule has 0 amide bonds. The van der Waals surface area contributed by atoms with Gasteiger partial charge in [0.05, 0.1) is 38.1 Å². The lowest BCUT2D eigenvalue weighted by Crippen LogP contribution is -2.60. The SMILES string of the molecule is COC(=O)C1=CO[C@H](O[C@H]2O[C@H](CO)[C@H](O)[C@H](O)[C@H]2O)[C@H]2C(CO)=CC[C@@H]12. The number of fused-ring (bicyclic) bond motifs is 1. The summed E-state index contributed by atoms with van der Waals surface area (Å²) in [7, 11) is 1.25. The van der Waals surface area contributed by atoms with Crippen molar-refractivity contribution in [2.45, 2.75) is 43.4 Å². The summed E-state index contributed by atoms with van der Waals surface area (Å²) in [6, 6.07) is 0. The number of hydrogen-bond acceptors (Lipinski definition) is 10. The predicted molar refractivity (Wildman–Crippen MR) is 86.6 cm³/mol. The van der Waals surface area contributed by atoms with Gasteiger partial charge in [-0.15, -0.1) is 0 Å². The Bertz CT molecular complexity index is 615. The Hall–Kier alpha value is -1.53. The van der Waals surface area contributed by atoms with E-state index in [-0.39, 0.29) is 12.5 Å². The lowest BCUT2D eigenvalue weighted by Gasteiger charge is -2.42. The average molecular weight is 388 g/mol. The Morgan fingerprint density at radius 1 is 1.19 bits per heavy atom. The van der Waals surface area contributed by atoms with Crippen molar-refractivity contribution in [3.63, 3.8) is 0 Å². The topological polar surface area (TPSA) is 155 Å². The quantitative estimate of drug-likeness (QED) is 0.258. The first-order valence-electron chi connectivity index (χ1n) is 8.62. The van der Waals surface area contributed by atoms with Gasteiger partial charge in [0.1, 0.15) is 24.4 Å². The van der Waals surface area contributed by atoms with Crippen LogP contribution in [-0.4, -0.2) is 88.8 Å². The molecule has 1 fully saturated rings. The van der Waals surface area contributed by atoms with Crippen LogP contribution in [0.2, 0.25) is 0 Å². The van der Waals surface area contributed by atoms with Crippen molar-refractivity contribution >= 4 is 5.97 Å². The number of carbonyl (C=O) groups is 1. The van der Waals surface area contributed by atoms with E-state index in [0.717, 1.165) is 0 Å². The van der Waals surface area contributed by atoms with E-state index in [1.54, 1.807) is 6.08 Å². The minimum Gasteiger partial charge on any atom is -0.471 e. The fourth-order valence-corrected chi connectivity index (χ4v) is 3.73. The normalized spacial score (nSPS) is 41.3. The number of allylic oxidation sites excluding steroid dienone is 1. The van der Waals surface area contributed by atoms with Crippen LogP contribution >= 0.6 is 0 Å². The van der Waals surface area contributed by atoms with Crippen LogP contribution < -0.4 is 0 Å². The first-order chi connectivity index (χ1) is 12.9. The molecule has 1 saturated heterocycles. The van der Waals surface area contributed by atoms with Crippen LogP contribution in [0.5, 0.6) is 0 Å². The highest BCUT2D eigenvalue weighted by atomic mass is 16.8. The summed E-state index contributed by atoms with van der Waals surface area (Å²) in [5, 5.41) is 48.8. The first kappa shape index (κ1) is 20.2. The van der Waals surface area contributed by atoms with Gasteiger partial charge in [-0.05, 0) is 12.0 Å². The van der Waals surface area contributed by atoms with Crippen molar-refractivity contribution in [3.8, 4) is 0 Å². The van der Waals surface area contributed by atoms with Crippen LogP contribution in [0, 0.1) is 11.8 Å². The van der Waals surface area contributed by atoms with E-state index in [4.69, 9.17) is 18.9 Å². The molecule has 0 radical (unpaired) electrons. The molecular weight excluding hydrogens is 364 g/mol. The van der Waals surface area contributed by atoms with Crippen LogP contribution in [0.25, 0.3) is 0 Å². The number of rotatable bonds is 5. The van der Waals surface area contributed by atoms with Crippen LogP contribution in [0.4, 0.5) is 0 Å². The van der Waals surface area contributed by atoms with Crippen LogP contribution in [0.15, 0.2) is 23.5 Å². The van der Waals surface area contributed by atoms with Gasteiger partial charge in [0.25, 0.3) is 0 Å². The number of aliphatic hydroxyl groups is 5. The molecule has 0 saturated carbocycles. The number of methoxy groups -OCH3 is 1. The molecule has 10 heteroatoms. The summed E-state index contributed by atoms with van der Waals surface area (Å²) >= 11 is 0. The Balaban J connectivity index is 1.80. The fraction of sp³-hybridized carbons (Fsp3) is 0.706. The van der Waals surface area contributed by atoms with E-state index in [1.165, 1.54) is 13.4 Å². The van der Waals surface area contributed by atoms with Crippen molar-refractivity contribution in [1.29, 1.82) is 0 Å². The Labute approximate surface area is 155 Å². The molecule has 27 heavy (non-hydrogen) atoms. The van der Waals surface area contributed by atoms with Crippen molar-refractivity contribution in [3.05, 3.63) is 23.5 Å². The molecule has 2 aliphatic heterocycles. The summed E-state index contributed by atoms with van der Waals surface area (Å²) in [5.74, 6) is -1.42. The van der Waals surface area contributed by atoms with E-state index in [1.807, 2.05) is 0 Å². The number of ether oxygens (including phenoxy) is 4. The molecule has 0 unspecified atom stereocenters. The highest BCUT2D eigenvalue weighted by Crippen LogP contribution is 2.44. The lowest BCUT2D eigenvalue weighted by molar-refractivity contribution is -0.339. The number of esters is 1. The van der Waals surface area contributed by atoms with Gasteiger partial charge in [-0.25, -0.2) is 4.79 Å². The summed E-state index contributed by atoms with van der Waals surface area (Å²) in [6.45, 7) is -0.857. The molecule has 5 N–H and O–H groups in total. The van der Waals surface area contributed by atoms with Gasteiger partial charge in [-0.2, -0.15) is 0 Å². The van der Waals surface area contributed by atoms with Gasteiger partial charge in [0.15, 0.2) is 6.29 Å². The molecule has 0 aromatic rings. The second-order valence-corrected chi connectivity index (χ2v) is 6.71. The van der Waals surface area contributed by atoms with E-state index >= 15 is 0 Å². The maximum atomic E-state index is 12.0. The maximum absolute atomic E-state index is 12.0. The van der Waals surface area contributed by atoms with Crippen molar-refractivity contribution in [2.75, 3.05) is 20.3 Å². The Morgan fingerprint density at radius 2 is 1.93 bits per heavy atom. The minimum atomic E-state index is -1.59. The molecule has 2 heterocycles. The standard InChI is InChI=1S/C17H24O10/c1-24-15(23)9-6-25-16(11-7(4-18)2-3-8(9)11)27-17-14(22)13(21)12(20)10(5-19)26-17/h2,6,8,10-14,16-22H,3-5H2,1H3/t8-,10+,11-,12-,13-,14+,16+,17+/m0/s1. The smallest absolute Gasteiger partial charge is 0.337 e. The van der Waals surface area contributed by atoms with E-state index in [9.17, 15) is 30.3 Å². The minimum absolute atomic E-state index is 0.270. The summed E-state index contributed by atoms with van der Waals surface area (Å²) in [4.78, 5) is 12.0. The van der Waals surface area contributed by atoms with E-state index < -0.39 is 55.5 Å². The molecule has 0 aromatic heterocycles. The van der Waals surface area contributed by atoms with E-state index in [2.05, 4.69) is 0 Å². The third-order valence-electron chi connectivity index (χ3n) is 5.24. The van der Waals surface area contributed by atoms with Crippen molar-refractivity contribution in [2.24, 2.45) is 11.8 Å². The second-order valence-electron chi connectivity index (χ2n) is 6.71. The molecule has 3 aliphatic rings. The molecule has 0 aromatic carbocycles. The zero-order valence-electron chi connectivity index (χ0n) is 14.7. The van der Waals surface area contributed by atoms with Crippen molar-refractivity contribution < 1.29 is 49.3 Å². The predicted octanol–water partition coefficient (Wildman–Crippen LogP) is -2.23. The number of hydrogen-bond donors (Lipinski definition) is 5. The molecule has 152 valence electrons. The first-order valence-corrected chi connectivity index (χ1v) is 8.62. The Morgan fingerprint density at radius 3 is 2.56 bits per heavy atom. The second kappa shape index (κ2) is 8.23. The lowest BCUT2D eigenvalue weighted by atomic mass is 9.83.